The molecule has 6 aromatic rings. The molecule has 15 nitrogen and oxygen atoms in total. The maximum atomic E-state index is 13.0. The van der Waals surface area contributed by atoms with E-state index in [1.54, 1.807) is 18.2 Å². The van der Waals surface area contributed by atoms with Crippen molar-refractivity contribution in [2.45, 2.75) is 350 Å². The predicted molar refractivity (Wildman–Crippen MR) is 532 cm³/mol. The van der Waals surface area contributed by atoms with Crippen LogP contribution < -0.4 is 51.8 Å². The number of nitrogens with one attached hydrogen (secondary N) is 7. The molecule has 134 heavy (non-hydrogen) atoms. The first-order valence-corrected chi connectivity index (χ1v) is 48.9. The van der Waals surface area contributed by atoms with Crippen LogP contribution in [0.2, 0.25) is 5.02 Å². The van der Waals surface area contributed by atoms with E-state index in [1.165, 1.54) is 98.2 Å². The third-order valence-electron chi connectivity index (χ3n) is 26.6. The van der Waals surface area contributed by atoms with Gasteiger partial charge in [-0.3, -0.25) is 0 Å². The molecule has 0 radical (unpaired) electrons. The SMILES string of the molecule is CC(C)N[C@H]1CCN(c2cccc(C(F)(F)F)c2)C[C@@H]1N(C)C.CC(C)N[C@H]1CC[C@H](c2cccc(Cl)c2)C[C@@H]1N(C)C.CN(C)[C@@H]1CN(c2cccc(C(F)(F)F)c2)CC[C@H]1NC(C)(C)C.CN(C)[C@H]1C[C@@H](c2cccc(OC(F)(F)F)c2)CC[C@@H]1NC(C)(C)C.CN(C)[C@H]1C[C@@H](c2ccccc2)CC[C@@H]1NC(C)(C)C.CN[C@H]1C[C@@H](c2cccc(C(F)(F)F)c2)CC[C@@H]1NC(C)C. The lowest BCUT2D eigenvalue weighted by Gasteiger charge is -2.45. The highest BCUT2D eigenvalue weighted by Gasteiger charge is 2.42. The fourth-order valence-electron chi connectivity index (χ4n) is 20.5. The summed E-state index contributed by atoms with van der Waals surface area (Å²) in [5.74, 6) is 1.63. The second-order valence-corrected chi connectivity index (χ2v) is 43.6. The Morgan fingerprint density at radius 3 is 1.03 bits per heavy atom. The van der Waals surface area contributed by atoms with E-state index in [0.717, 1.165) is 105 Å². The molecule has 0 unspecified atom stereocenters. The molecule has 2 saturated heterocycles. The number of hydrogen-bond acceptors (Lipinski definition) is 15. The molecular weight excluding hydrogens is 1750 g/mol. The second-order valence-electron chi connectivity index (χ2n) is 43.2. The van der Waals surface area contributed by atoms with Gasteiger partial charge in [-0.15, -0.1) is 13.2 Å². The van der Waals surface area contributed by atoms with E-state index in [9.17, 15) is 52.7 Å². The van der Waals surface area contributed by atoms with Crippen molar-refractivity contribution < 1.29 is 57.4 Å². The summed E-state index contributed by atoms with van der Waals surface area (Å²) in [6, 6.07) is 49.2. The van der Waals surface area contributed by atoms with E-state index in [2.05, 4.69) is 271 Å². The standard InChI is InChI=1S/C19H29F3N2O.C18H28F3N3.C18H30N2.C17H27ClN2.C17H26F3N3.C17H25F3N2/c1-18(2,3)23-16-10-9-14(12-17(16)24(4)5)13-7-6-8-15(11-13)25-19(20,21)22;1-17(2,3)22-15-9-10-24(12-16(15)23(4)5)14-8-6-7-13(11-14)18(19,20)21;1-18(2,3)19-16-12-11-15(13-17(16)20(4)5)14-9-7-6-8-10-14;1-12(2)19-16-9-8-14(11-17(16)20(3)4)13-6-5-7-15(18)10-13;1-12(2)21-15-8-9-23(11-16(15)22(3)4)14-7-5-6-13(10-14)17(18,19)20;1-11(2)22-15-8-7-13(10-16(15)21-3)12-5-4-6-14(9-12)17(18,19)20/h6-8,11,14,16-17,23H,9-10,12H2,1-5H3;6-8,11,15-16,22H,9-10,12H2,1-5H3;6-10,15-17,19H,11-13H2,1-5H3;5-7,10,12,14,16-17,19H,8-9,11H2,1-4H3;5-7,10,12,15-16,21H,8-9,11H2,1-4H3;4-6,9,11,13,15-16,21-22H,7-8,10H2,1-3H3/t14-,16-,17-;15-,16-;15-,16-,17-;14-,16-,17-;15-,16-;13-,15-,16-/m010000/s1. The van der Waals surface area contributed by atoms with E-state index >= 15 is 0 Å². The van der Waals surface area contributed by atoms with Gasteiger partial charge < -0.3 is 76.3 Å². The van der Waals surface area contributed by atoms with Gasteiger partial charge in [0.2, 0.25) is 0 Å². The molecule has 28 heteroatoms. The van der Waals surface area contributed by atoms with Crippen LogP contribution in [0.3, 0.4) is 0 Å². The summed E-state index contributed by atoms with van der Waals surface area (Å²) in [4.78, 5) is 15.4. The van der Waals surface area contributed by atoms with Crippen molar-refractivity contribution in [2.24, 2.45) is 0 Å². The maximum Gasteiger partial charge on any atom is 0.573 e. The van der Waals surface area contributed by atoms with Crippen molar-refractivity contribution in [1.29, 1.82) is 0 Å². The zero-order chi connectivity index (χ0) is 99.9. The molecule has 2 heterocycles. The Kier molecular flexibility index (Phi) is 43.8. The van der Waals surface area contributed by atoms with Crippen LogP contribution in [0.1, 0.15) is 256 Å². The van der Waals surface area contributed by atoms with E-state index < -0.39 is 41.6 Å². The summed E-state index contributed by atoms with van der Waals surface area (Å²) in [5, 5.41) is 26.2. The Morgan fingerprint density at radius 2 is 0.642 bits per heavy atom. The van der Waals surface area contributed by atoms with Crippen LogP contribution in [-0.4, -0.2) is 242 Å². The monoisotopic (exact) mass is 1910 g/mol. The molecule has 0 amide bonds. The van der Waals surface area contributed by atoms with E-state index in [1.807, 2.05) is 53.4 Å². The van der Waals surface area contributed by atoms with Gasteiger partial charge in [0.15, 0.2) is 0 Å². The Hall–Kier alpha value is -6.31. The van der Waals surface area contributed by atoms with E-state index in [-0.39, 0.29) is 52.3 Å². The lowest BCUT2D eigenvalue weighted by molar-refractivity contribution is -0.274. The van der Waals surface area contributed by atoms with Crippen molar-refractivity contribution in [3.05, 3.63) is 196 Å². The molecule has 7 N–H and O–H groups in total. The number of halogens is 13. The summed E-state index contributed by atoms with van der Waals surface area (Å²) >= 11 is 6.14. The molecule has 2 aliphatic heterocycles. The number of nitrogens with zero attached hydrogens (tertiary/aromatic N) is 7. The first kappa shape index (κ1) is 115. The van der Waals surface area contributed by atoms with E-state index in [4.69, 9.17) is 11.6 Å². The highest BCUT2D eigenvalue weighted by molar-refractivity contribution is 6.30. The number of alkyl halides is 12. The number of piperidine rings is 2. The Balaban J connectivity index is 0.000000220. The third kappa shape index (κ3) is 38.4. The Bertz CT molecular complexity index is 4370. The zero-order valence-electron chi connectivity index (χ0n) is 85.1. The summed E-state index contributed by atoms with van der Waals surface area (Å²) in [5.41, 5.74) is 4.44. The molecule has 4 saturated carbocycles. The fourth-order valence-corrected chi connectivity index (χ4v) is 20.7. The number of anilines is 2. The molecule has 0 spiro atoms. The van der Waals surface area contributed by atoms with Gasteiger partial charge in [0.25, 0.3) is 0 Å². The molecule has 6 aromatic carbocycles. The van der Waals surface area contributed by atoms with Crippen LogP contribution >= 0.6 is 11.6 Å². The van der Waals surface area contributed by atoms with Gasteiger partial charge in [-0.05, 0) is 342 Å². The van der Waals surface area contributed by atoms with Crippen molar-refractivity contribution in [1.82, 2.24) is 61.7 Å². The number of rotatable bonds is 22. The zero-order valence-corrected chi connectivity index (χ0v) is 85.8. The largest absolute Gasteiger partial charge is 0.573 e. The van der Waals surface area contributed by atoms with Gasteiger partial charge in [0, 0.05) is 150 Å². The molecule has 12 rings (SSSR count). The number of hydrogen-bond donors (Lipinski definition) is 7. The van der Waals surface area contributed by atoms with E-state index in [0.29, 0.717) is 102 Å². The molecule has 16 atom stereocenters. The minimum Gasteiger partial charge on any atom is -0.406 e. The molecule has 6 fully saturated rings. The fraction of sp³-hybridized carbons (Fsp3) is 0.660. The lowest BCUT2D eigenvalue weighted by Crippen LogP contribution is -2.61. The number of ether oxygens (including phenoxy) is 1. The van der Waals surface area contributed by atoms with Gasteiger partial charge in [-0.25, -0.2) is 0 Å². The third-order valence-corrected chi connectivity index (χ3v) is 26.8. The predicted octanol–water partition coefficient (Wildman–Crippen LogP) is 22.8. The number of benzene rings is 6. The normalized spacial score (nSPS) is 25.3. The van der Waals surface area contributed by atoms with Crippen LogP contribution in [0.25, 0.3) is 0 Å². The van der Waals surface area contributed by atoms with Crippen LogP contribution in [0.5, 0.6) is 5.75 Å². The molecule has 756 valence electrons. The van der Waals surface area contributed by atoms with Crippen LogP contribution in [-0.2, 0) is 18.5 Å². The quantitative estimate of drug-likeness (QED) is 0.0327. The van der Waals surface area contributed by atoms with Gasteiger partial charge in [-0.1, -0.05) is 138 Å². The topological polar surface area (TPSA) is 116 Å². The first-order chi connectivity index (χ1) is 62.2. The van der Waals surface area contributed by atoms with Crippen molar-refractivity contribution in [2.75, 3.05) is 114 Å². The molecular formula is C106H165ClF12N14O. The molecule has 0 aromatic heterocycles. The second kappa shape index (κ2) is 51.2. The summed E-state index contributed by atoms with van der Waals surface area (Å²) in [7, 11) is 23.0. The molecule has 4 aliphatic carbocycles. The summed E-state index contributed by atoms with van der Waals surface area (Å²) in [6.07, 6.45) is -2.59. The van der Waals surface area contributed by atoms with Gasteiger partial charge in [-0.2, -0.15) is 39.5 Å². The van der Waals surface area contributed by atoms with Crippen molar-refractivity contribution in [3.63, 3.8) is 0 Å². The first-order valence-electron chi connectivity index (χ1n) is 48.5. The summed E-state index contributed by atoms with van der Waals surface area (Å²) < 4.78 is 158. The van der Waals surface area contributed by atoms with Crippen LogP contribution in [0.4, 0.5) is 64.1 Å². The van der Waals surface area contributed by atoms with Gasteiger partial charge in [0.05, 0.1) is 16.7 Å². The average Bonchev–Trinajstić information content (AvgIpc) is 0.833. The minimum absolute atomic E-state index is 0.0112. The number of likely N-dealkylation sites (N-methyl/N-ethyl adjacent to an activating group) is 6. The van der Waals surface area contributed by atoms with Gasteiger partial charge >= 0.3 is 24.9 Å². The average molecular weight is 1920 g/mol. The summed E-state index contributed by atoms with van der Waals surface area (Å²) in [6.45, 7) is 35.6. The Labute approximate surface area is 802 Å². The molecule has 0 bridgehead atoms. The molecule has 6 aliphatic rings. The van der Waals surface area contributed by atoms with Crippen LogP contribution in [0, 0.1) is 0 Å². The van der Waals surface area contributed by atoms with Crippen LogP contribution in [0.15, 0.2) is 152 Å². The highest BCUT2D eigenvalue weighted by atomic mass is 35.5. The smallest absolute Gasteiger partial charge is 0.406 e. The van der Waals surface area contributed by atoms with Crippen molar-refractivity contribution in [3.8, 4) is 5.75 Å². The van der Waals surface area contributed by atoms with Gasteiger partial charge in [0.1, 0.15) is 5.75 Å². The highest BCUT2D eigenvalue weighted by Crippen LogP contribution is 2.43. The van der Waals surface area contributed by atoms with Crippen molar-refractivity contribution >= 4 is 23.0 Å². The maximum absolute atomic E-state index is 13.0. The lowest BCUT2D eigenvalue weighted by atomic mass is 9.77. The minimum atomic E-state index is -4.65. The Morgan fingerprint density at radius 1 is 0.328 bits per heavy atom.